The third-order valence-electron chi connectivity index (χ3n) is 2.64. The highest BCUT2D eigenvalue weighted by atomic mass is 79.9. The summed E-state index contributed by atoms with van der Waals surface area (Å²) in [4.78, 5) is 10.1. The van der Waals surface area contributed by atoms with Crippen molar-refractivity contribution < 1.29 is 9.66 Å². The standard InChI is InChI=1S/C14H12BrNO3/c1-10-2-7-14(11(8-10)9-15)19-13-5-3-12(4-6-13)16(17)18/h2-8H,9H2,1H3. The van der Waals surface area contributed by atoms with Gasteiger partial charge in [0.15, 0.2) is 0 Å². The SMILES string of the molecule is Cc1ccc(Oc2ccc([N+](=O)[O-])cc2)c(CBr)c1. The van der Waals surface area contributed by atoms with Gasteiger partial charge in [-0.15, -0.1) is 0 Å². The van der Waals surface area contributed by atoms with Gasteiger partial charge in [-0.25, -0.2) is 0 Å². The molecule has 0 aromatic heterocycles. The second-order valence-electron chi connectivity index (χ2n) is 4.10. The Morgan fingerprint density at radius 2 is 1.89 bits per heavy atom. The van der Waals surface area contributed by atoms with Crippen molar-refractivity contribution in [3.8, 4) is 11.5 Å². The van der Waals surface area contributed by atoms with Crippen LogP contribution in [0.5, 0.6) is 11.5 Å². The van der Waals surface area contributed by atoms with Gasteiger partial charge in [-0.2, -0.15) is 0 Å². The Kier molecular flexibility index (Phi) is 4.16. The maximum atomic E-state index is 10.6. The van der Waals surface area contributed by atoms with E-state index in [1.54, 1.807) is 12.1 Å². The van der Waals surface area contributed by atoms with Gasteiger partial charge in [0.05, 0.1) is 4.92 Å². The summed E-state index contributed by atoms with van der Waals surface area (Å²) in [5, 5.41) is 11.3. The molecule has 0 heterocycles. The van der Waals surface area contributed by atoms with Crippen LogP contribution in [0.25, 0.3) is 0 Å². The summed E-state index contributed by atoms with van der Waals surface area (Å²) in [5.41, 5.74) is 2.25. The minimum atomic E-state index is -0.431. The molecule has 0 aliphatic carbocycles. The summed E-state index contributed by atoms with van der Waals surface area (Å²) in [5.74, 6) is 1.33. The van der Waals surface area contributed by atoms with Gasteiger partial charge in [-0.05, 0) is 25.1 Å². The minimum absolute atomic E-state index is 0.0528. The summed E-state index contributed by atoms with van der Waals surface area (Å²) in [6.07, 6.45) is 0. The quantitative estimate of drug-likeness (QED) is 0.470. The summed E-state index contributed by atoms with van der Waals surface area (Å²) in [6, 6.07) is 11.9. The molecule has 5 heteroatoms. The highest BCUT2D eigenvalue weighted by Crippen LogP contribution is 2.28. The first kappa shape index (κ1) is 13.5. The van der Waals surface area contributed by atoms with Gasteiger partial charge in [0.2, 0.25) is 0 Å². The van der Waals surface area contributed by atoms with E-state index >= 15 is 0 Å². The lowest BCUT2D eigenvalue weighted by Gasteiger charge is -2.10. The van der Waals surface area contributed by atoms with Crippen LogP contribution in [0.15, 0.2) is 42.5 Å². The van der Waals surface area contributed by atoms with Gasteiger partial charge < -0.3 is 4.74 Å². The monoisotopic (exact) mass is 321 g/mol. The Balaban J connectivity index is 2.23. The fraction of sp³-hybridized carbons (Fsp3) is 0.143. The van der Waals surface area contributed by atoms with E-state index in [0.29, 0.717) is 11.1 Å². The zero-order valence-corrected chi connectivity index (χ0v) is 11.9. The van der Waals surface area contributed by atoms with Crippen molar-refractivity contribution in [1.29, 1.82) is 0 Å². The van der Waals surface area contributed by atoms with Gasteiger partial charge in [-0.1, -0.05) is 33.6 Å². The molecule has 0 aliphatic rings. The Labute approximate surface area is 119 Å². The van der Waals surface area contributed by atoms with Crippen LogP contribution in [0, 0.1) is 17.0 Å². The third-order valence-corrected chi connectivity index (χ3v) is 3.24. The molecule has 0 aliphatic heterocycles. The van der Waals surface area contributed by atoms with Gasteiger partial charge in [0, 0.05) is 23.0 Å². The smallest absolute Gasteiger partial charge is 0.269 e. The predicted octanol–water partition coefficient (Wildman–Crippen LogP) is 4.59. The summed E-state index contributed by atoms with van der Waals surface area (Å²) in [7, 11) is 0. The second kappa shape index (κ2) is 5.84. The van der Waals surface area contributed by atoms with E-state index in [0.717, 1.165) is 16.9 Å². The number of hydrogen-bond acceptors (Lipinski definition) is 3. The van der Waals surface area contributed by atoms with Crippen molar-refractivity contribution in [3.63, 3.8) is 0 Å². The van der Waals surface area contributed by atoms with E-state index in [1.807, 2.05) is 25.1 Å². The molecule has 2 aromatic rings. The van der Waals surface area contributed by atoms with Gasteiger partial charge in [0.25, 0.3) is 5.69 Å². The van der Waals surface area contributed by atoms with Crippen LogP contribution in [0.1, 0.15) is 11.1 Å². The number of nitrogens with zero attached hydrogens (tertiary/aromatic N) is 1. The Morgan fingerprint density at radius 3 is 2.47 bits per heavy atom. The number of hydrogen-bond donors (Lipinski definition) is 0. The zero-order chi connectivity index (χ0) is 13.8. The van der Waals surface area contributed by atoms with E-state index in [2.05, 4.69) is 15.9 Å². The predicted molar refractivity (Wildman–Crippen MR) is 77.0 cm³/mol. The number of ether oxygens (including phenoxy) is 1. The zero-order valence-electron chi connectivity index (χ0n) is 10.3. The average molecular weight is 322 g/mol. The Morgan fingerprint density at radius 1 is 1.21 bits per heavy atom. The maximum absolute atomic E-state index is 10.6. The van der Waals surface area contributed by atoms with Crippen LogP contribution in [0.3, 0.4) is 0 Å². The minimum Gasteiger partial charge on any atom is -0.457 e. The molecule has 0 atom stereocenters. The fourth-order valence-corrected chi connectivity index (χ4v) is 2.11. The molecule has 19 heavy (non-hydrogen) atoms. The van der Waals surface area contributed by atoms with E-state index in [1.165, 1.54) is 12.1 Å². The van der Waals surface area contributed by atoms with Crippen molar-refractivity contribution in [2.75, 3.05) is 0 Å². The van der Waals surface area contributed by atoms with Crippen molar-refractivity contribution in [1.82, 2.24) is 0 Å². The Bertz CT molecular complexity index is 596. The first-order chi connectivity index (χ1) is 9.10. The lowest BCUT2D eigenvalue weighted by Crippen LogP contribution is -1.91. The molecule has 0 spiro atoms. The van der Waals surface area contributed by atoms with Crippen LogP contribution in [-0.4, -0.2) is 4.92 Å². The van der Waals surface area contributed by atoms with Crippen LogP contribution in [0.4, 0.5) is 5.69 Å². The van der Waals surface area contributed by atoms with Crippen LogP contribution in [0.2, 0.25) is 0 Å². The number of nitro benzene ring substituents is 1. The van der Waals surface area contributed by atoms with Crippen LogP contribution >= 0.6 is 15.9 Å². The normalized spacial score (nSPS) is 10.2. The van der Waals surface area contributed by atoms with Crippen LogP contribution in [-0.2, 0) is 5.33 Å². The molecule has 0 N–H and O–H groups in total. The van der Waals surface area contributed by atoms with Gasteiger partial charge in [-0.3, -0.25) is 10.1 Å². The van der Waals surface area contributed by atoms with E-state index < -0.39 is 4.92 Å². The number of rotatable bonds is 4. The first-order valence-electron chi connectivity index (χ1n) is 5.68. The van der Waals surface area contributed by atoms with Crippen molar-refractivity contribution in [2.24, 2.45) is 0 Å². The number of alkyl halides is 1. The van der Waals surface area contributed by atoms with Gasteiger partial charge in [0.1, 0.15) is 11.5 Å². The summed E-state index contributed by atoms with van der Waals surface area (Å²) in [6.45, 7) is 2.02. The molecule has 0 amide bonds. The molecule has 2 rings (SSSR count). The van der Waals surface area contributed by atoms with E-state index in [9.17, 15) is 10.1 Å². The number of non-ortho nitro benzene ring substituents is 1. The number of benzene rings is 2. The Hall–Kier alpha value is -1.88. The highest BCUT2D eigenvalue weighted by Gasteiger charge is 2.07. The molecule has 0 saturated heterocycles. The molecule has 0 saturated carbocycles. The maximum Gasteiger partial charge on any atom is 0.269 e. The molecular formula is C14H12BrNO3. The number of nitro groups is 1. The van der Waals surface area contributed by atoms with Crippen molar-refractivity contribution in [3.05, 3.63) is 63.7 Å². The fourth-order valence-electron chi connectivity index (χ4n) is 1.68. The molecule has 0 radical (unpaired) electrons. The van der Waals surface area contributed by atoms with E-state index in [4.69, 9.17) is 4.74 Å². The second-order valence-corrected chi connectivity index (χ2v) is 4.66. The molecule has 4 nitrogen and oxygen atoms in total. The van der Waals surface area contributed by atoms with Crippen molar-refractivity contribution >= 4 is 21.6 Å². The molecule has 2 aromatic carbocycles. The topological polar surface area (TPSA) is 52.4 Å². The largest absolute Gasteiger partial charge is 0.457 e. The summed E-state index contributed by atoms with van der Waals surface area (Å²) < 4.78 is 5.74. The van der Waals surface area contributed by atoms with Gasteiger partial charge >= 0.3 is 0 Å². The lowest BCUT2D eigenvalue weighted by atomic mass is 10.1. The summed E-state index contributed by atoms with van der Waals surface area (Å²) >= 11 is 3.42. The number of aryl methyl sites for hydroxylation is 1. The van der Waals surface area contributed by atoms with Crippen molar-refractivity contribution in [2.45, 2.75) is 12.3 Å². The molecule has 0 unspecified atom stereocenters. The first-order valence-corrected chi connectivity index (χ1v) is 6.80. The number of halogens is 1. The van der Waals surface area contributed by atoms with E-state index in [-0.39, 0.29) is 5.69 Å². The molecule has 98 valence electrons. The lowest BCUT2D eigenvalue weighted by molar-refractivity contribution is -0.384. The van der Waals surface area contributed by atoms with Crippen LogP contribution < -0.4 is 4.74 Å². The molecule has 0 bridgehead atoms. The third kappa shape index (κ3) is 3.32. The molecule has 0 fully saturated rings. The molecular weight excluding hydrogens is 310 g/mol. The highest BCUT2D eigenvalue weighted by molar-refractivity contribution is 9.08. The average Bonchev–Trinajstić information content (AvgIpc) is 2.41.